The molecular formula is C46H46Cl2N2O12. The van der Waals surface area contributed by atoms with Crippen LogP contribution >= 0.6 is 23.2 Å². The third kappa shape index (κ3) is 10.7. The van der Waals surface area contributed by atoms with Gasteiger partial charge in [-0.2, -0.15) is 0 Å². The van der Waals surface area contributed by atoms with Gasteiger partial charge in [-0.1, -0.05) is 83.9 Å². The van der Waals surface area contributed by atoms with Gasteiger partial charge >= 0.3 is 35.8 Å². The van der Waals surface area contributed by atoms with Gasteiger partial charge in [0.05, 0.1) is 85.8 Å². The molecule has 3 aromatic carbocycles. The van der Waals surface area contributed by atoms with Crippen LogP contribution in [0, 0.1) is 0 Å². The predicted molar refractivity (Wildman–Crippen MR) is 227 cm³/mol. The summed E-state index contributed by atoms with van der Waals surface area (Å²) in [6, 6.07) is 20.2. The summed E-state index contributed by atoms with van der Waals surface area (Å²) >= 11 is 13.1. The summed E-state index contributed by atoms with van der Waals surface area (Å²) in [7, 11) is 2.46. The normalized spacial score (nSPS) is 16.2. The van der Waals surface area contributed by atoms with Gasteiger partial charge in [0.2, 0.25) is 0 Å². The molecule has 5 rings (SSSR count). The number of allylic oxidation sites excluding steroid dienone is 2. The average molecular weight is 890 g/mol. The number of rotatable bonds is 16. The number of carbonyl (C=O) groups excluding carboxylic acids is 6. The molecule has 326 valence electrons. The maximum atomic E-state index is 13.5. The first-order valence-corrected chi connectivity index (χ1v) is 20.3. The molecule has 0 spiro atoms. The van der Waals surface area contributed by atoms with Crippen LogP contribution in [0.5, 0.6) is 0 Å². The lowest BCUT2D eigenvalue weighted by molar-refractivity contribution is -0.143. The van der Waals surface area contributed by atoms with E-state index in [1.54, 1.807) is 100 Å². The lowest BCUT2D eigenvalue weighted by Gasteiger charge is -2.31. The van der Waals surface area contributed by atoms with Gasteiger partial charge in [0, 0.05) is 21.4 Å². The minimum absolute atomic E-state index is 0.0422. The molecule has 0 saturated heterocycles. The molecule has 2 N–H and O–H groups in total. The Balaban J connectivity index is 1.28. The van der Waals surface area contributed by atoms with Crippen molar-refractivity contribution in [3.05, 3.63) is 150 Å². The SMILES string of the molecule is CCOC(=O)C1=C(COC(=O)Cc2ccc(CC(=O)OCC3=C(C(=O)OCC)C(c4ccccc4Cl)C(C(=O)OC)=C(C)N3)cc2)NC(C)=C(C(=O)OC)C1c1ccccc1Cl. The van der Waals surface area contributed by atoms with Crippen LogP contribution in [0.25, 0.3) is 0 Å². The fourth-order valence-electron chi connectivity index (χ4n) is 7.24. The lowest BCUT2D eigenvalue weighted by atomic mass is 9.80. The second-order valence-corrected chi connectivity index (χ2v) is 14.8. The second kappa shape index (κ2) is 21.4. The van der Waals surface area contributed by atoms with Gasteiger partial charge in [0.1, 0.15) is 13.2 Å². The Hall–Kier alpha value is -6.38. The van der Waals surface area contributed by atoms with Crippen molar-refractivity contribution in [2.45, 2.75) is 52.4 Å². The average Bonchev–Trinajstić information content (AvgIpc) is 3.25. The minimum atomic E-state index is -0.981. The van der Waals surface area contributed by atoms with Gasteiger partial charge < -0.3 is 39.1 Å². The largest absolute Gasteiger partial charge is 0.466 e. The molecule has 0 saturated carbocycles. The smallest absolute Gasteiger partial charge is 0.336 e. The van der Waals surface area contributed by atoms with Crippen molar-refractivity contribution >= 4 is 59.0 Å². The van der Waals surface area contributed by atoms with Crippen LogP contribution in [0.2, 0.25) is 10.0 Å². The van der Waals surface area contributed by atoms with Crippen LogP contribution < -0.4 is 10.6 Å². The molecule has 2 aliphatic heterocycles. The molecule has 14 nitrogen and oxygen atoms in total. The quantitative estimate of drug-likeness (QED) is 0.118. The number of ether oxygens (including phenoxy) is 6. The summed E-state index contributed by atoms with van der Waals surface area (Å²) in [5.74, 6) is -6.02. The van der Waals surface area contributed by atoms with Crippen molar-refractivity contribution in [2.75, 3.05) is 40.6 Å². The summed E-state index contributed by atoms with van der Waals surface area (Å²) in [5, 5.41) is 6.68. The number of carbonyl (C=O) groups is 6. The van der Waals surface area contributed by atoms with Crippen molar-refractivity contribution in [1.29, 1.82) is 0 Å². The maximum Gasteiger partial charge on any atom is 0.336 e. The van der Waals surface area contributed by atoms with E-state index < -0.39 is 47.7 Å². The number of esters is 6. The van der Waals surface area contributed by atoms with Crippen molar-refractivity contribution < 1.29 is 57.2 Å². The number of hydrogen-bond acceptors (Lipinski definition) is 14. The fraction of sp³-hybridized carbons (Fsp3) is 0.304. The number of hydrogen-bond donors (Lipinski definition) is 2. The van der Waals surface area contributed by atoms with E-state index in [9.17, 15) is 28.8 Å². The minimum Gasteiger partial charge on any atom is -0.466 e. The van der Waals surface area contributed by atoms with Crippen molar-refractivity contribution in [3.8, 4) is 0 Å². The molecule has 0 aliphatic carbocycles. The highest BCUT2D eigenvalue weighted by Crippen LogP contribution is 2.43. The Morgan fingerprint density at radius 3 is 1.19 bits per heavy atom. The first-order valence-electron chi connectivity index (χ1n) is 19.5. The Kier molecular flexibility index (Phi) is 16.1. The molecule has 0 radical (unpaired) electrons. The number of methoxy groups -OCH3 is 2. The first kappa shape index (κ1) is 46.7. The lowest BCUT2D eigenvalue weighted by Crippen LogP contribution is -2.35. The Morgan fingerprint density at radius 2 is 0.871 bits per heavy atom. The number of nitrogens with one attached hydrogen (secondary N) is 2. The fourth-order valence-corrected chi connectivity index (χ4v) is 7.73. The Labute approximate surface area is 368 Å². The highest BCUT2D eigenvalue weighted by Gasteiger charge is 2.41. The van der Waals surface area contributed by atoms with E-state index in [1.165, 1.54) is 14.2 Å². The highest BCUT2D eigenvalue weighted by molar-refractivity contribution is 6.32. The van der Waals surface area contributed by atoms with Gasteiger partial charge in [-0.05, 0) is 62.1 Å². The van der Waals surface area contributed by atoms with E-state index in [-0.39, 0.29) is 73.0 Å². The Morgan fingerprint density at radius 1 is 0.516 bits per heavy atom. The molecule has 0 amide bonds. The third-order valence-corrected chi connectivity index (χ3v) is 10.7. The number of benzene rings is 3. The van der Waals surface area contributed by atoms with Crippen molar-refractivity contribution in [2.24, 2.45) is 0 Å². The zero-order valence-corrected chi connectivity index (χ0v) is 36.5. The van der Waals surface area contributed by atoms with E-state index in [1.807, 2.05) is 0 Å². The Bertz CT molecular complexity index is 2220. The highest BCUT2D eigenvalue weighted by atomic mass is 35.5. The molecule has 2 aliphatic rings. The van der Waals surface area contributed by atoms with Crippen LogP contribution in [-0.4, -0.2) is 76.5 Å². The van der Waals surface area contributed by atoms with E-state index in [4.69, 9.17) is 51.6 Å². The molecule has 0 aromatic heterocycles. The third-order valence-electron chi connectivity index (χ3n) is 10.00. The molecule has 3 aromatic rings. The molecule has 0 fully saturated rings. The van der Waals surface area contributed by atoms with Gasteiger partial charge in [-0.3, -0.25) is 9.59 Å². The zero-order valence-electron chi connectivity index (χ0n) is 35.0. The standard InChI is InChI=1S/C46H46Cl2N2O12/c1-7-59-45(55)41-33(49-25(3)37(43(53)57-5)39(41)29-13-9-11-15-31(29)47)23-61-35(51)21-27-17-19-28(20-18-27)22-36(52)62-24-34-42(46(56)60-8-2)40(30-14-10-12-16-32(30)48)38(26(4)50-34)44(54)58-6/h9-20,39-40,49-50H,7-8,21-24H2,1-6H3. The monoisotopic (exact) mass is 888 g/mol. The summed E-state index contributed by atoms with van der Waals surface area (Å²) < 4.78 is 32.2. The van der Waals surface area contributed by atoms with E-state index in [0.29, 0.717) is 43.7 Å². The van der Waals surface area contributed by atoms with E-state index in [0.717, 1.165) is 0 Å². The summed E-state index contributed by atoms with van der Waals surface area (Å²) in [6.07, 6.45) is -0.293. The summed E-state index contributed by atoms with van der Waals surface area (Å²) in [5.41, 5.74) is 3.62. The van der Waals surface area contributed by atoms with Gasteiger partial charge in [0.15, 0.2) is 0 Å². The van der Waals surface area contributed by atoms with Gasteiger partial charge in [-0.25, -0.2) is 19.2 Å². The van der Waals surface area contributed by atoms with Crippen LogP contribution in [0.1, 0.15) is 61.8 Å². The molecule has 16 heteroatoms. The molecule has 0 bridgehead atoms. The van der Waals surface area contributed by atoms with Crippen LogP contribution in [0.15, 0.2) is 118 Å². The summed E-state index contributed by atoms with van der Waals surface area (Å²) in [4.78, 5) is 79.3. The number of halogens is 2. The first-order chi connectivity index (χ1) is 29.7. The van der Waals surface area contributed by atoms with E-state index >= 15 is 0 Å². The molecule has 2 unspecified atom stereocenters. The number of dihydropyridines is 2. The van der Waals surface area contributed by atoms with Gasteiger partial charge in [-0.15, -0.1) is 0 Å². The second-order valence-electron chi connectivity index (χ2n) is 13.9. The van der Waals surface area contributed by atoms with E-state index in [2.05, 4.69) is 10.6 Å². The molecular weight excluding hydrogens is 843 g/mol. The molecule has 2 heterocycles. The van der Waals surface area contributed by atoms with Crippen LogP contribution in [0.4, 0.5) is 0 Å². The predicted octanol–water partition coefficient (Wildman–Crippen LogP) is 6.47. The zero-order chi connectivity index (χ0) is 45.1. The maximum absolute atomic E-state index is 13.5. The molecule has 62 heavy (non-hydrogen) atoms. The molecule has 2 atom stereocenters. The van der Waals surface area contributed by atoms with Crippen LogP contribution in [-0.2, 0) is 70.0 Å². The van der Waals surface area contributed by atoms with Crippen molar-refractivity contribution in [3.63, 3.8) is 0 Å². The van der Waals surface area contributed by atoms with Gasteiger partial charge in [0.25, 0.3) is 0 Å². The summed E-state index contributed by atoms with van der Waals surface area (Å²) in [6.45, 7) is 5.94. The van der Waals surface area contributed by atoms with Crippen molar-refractivity contribution in [1.82, 2.24) is 10.6 Å². The van der Waals surface area contributed by atoms with Crippen LogP contribution in [0.3, 0.4) is 0 Å². The topological polar surface area (TPSA) is 182 Å².